The average molecular weight is 375 g/mol. The number of hydrogen-bond donors (Lipinski definition) is 0. The summed E-state index contributed by atoms with van der Waals surface area (Å²) < 4.78 is 8.35. The van der Waals surface area contributed by atoms with Gasteiger partial charge in [-0.2, -0.15) is 0 Å². The van der Waals surface area contributed by atoms with Crippen molar-refractivity contribution in [3.05, 3.63) is 0 Å². The average Bonchev–Trinajstić information content (AvgIpc) is 2.27. The Morgan fingerprint density at radius 1 is 0.895 bits per heavy atom. The first-order valence-electron chi connectivity index (χ1n) is 7.77. The minimum atomic E-state index is -1.83. The van der Waals surface area contributed by atoms with E-state index in [4.69, 9.17) is 0 Å². The van der Waals surface area contributed by atoms with Gasteiger partial charge in [0.05, 0.1) is 0 Å². The monoisotopic (exact) mass is 376 g/mol. The van der Waals surface area contributed by atoms with E-state index in [1.54, 1.807) is 0 Å². The molecule has 0 unspecified atom stereocenters. The van der Waals surface area contributed by atoms with E-state index in [2.05, 4.69) is 71.9 Å². The van der Waals surface area contributed by atoms with Gasteiger partial charge in [-0.15, -0.1) is 0 Å². The van der Waals surface area contributed by atoms with Crippen molar-refractivity contribution < 1.29 is 0 Å². The van der Waals surface area contributed by atoms with Crippen molar-refractivity contribution in [2.75, 3.05) is 14.1 Å². The maximum atomic E-state index is 2.90. The molecule has 0 N–H and O–H groups in total. The quantitative estimate of drug-likeness (QED) is 0.660. The SMILES string of the molecule is CCC1[N](C(C)(C)CC)[Sn]([N](C)C)[N]1C(C)(C)CC. The summed E-state index contributed by atoms with van der Waals surface area (Å²) in [4.78, 5) is 0. The third-order valence-electron chi connectivity index (χ3n) is 4.83. The molecule has 1 rings (SSSR count). The second kappa shape index (κ2) is 6.20. The Morgan fingerprint density at radius 3 is 1.47 bits per heavy atom. The van der Waals surface area contributed by atoms with Gasteiger partial charge in [0.25, 0.3) is 0 Å². The molecule has 0 aromatic rings. The van der Waals surface area contributed by atoms with Gasteiger partial charge < -0.3 is 0 Å². The molecule has 0 aromatic heterocycles. The summed E-state index contributed by atoms with van der Waals surface area (Å²) in [6, 6.07) is 0. The van der Waals surface area contributed by atoms with Gasteiger partial charge in [0.15, 0.2) is 0 Å². The summed E-state index contributed by atoms with van der Waals surface area (Å²) in [6.45, 7) is 16.7. The summed E-state index contributed by atoms with van der Waals surface area (Å²) in [5.41, 5.74) is 0.695. The minimum absolute atomic E-state index is 0.347. The first-order chi connectivity index (χ1) is 8.64. The van der Waals surface area contributed by atoms with Gasteiger partial charge in [0, 0.05) is 0 Å². The zero-order valence-electron chi connectivity index (χ0n) is 14.5. The molecular weight excluding hydrogens is 341 g/mol. The van der Waals surface area contributed by atoms with Crippen LogP contribution in [0.2, 0.25) is 0 Å². The molecule has 0 bridgehead atoms. The van der Waals surface area contributed by atoms with Crippen LogP contribution >= 0.6 is 0 Å². The summed E-state index contributed by atoms with van der Waals surface area (Å²) in [7, 11) is 4.58. The van der Waals surface area contributed by atoms with E-state index in [1.807, 2.05) is 0 Å². The fraction of sp³-hybridized carbons (Fsp3) is 1.00. The van der Waals surface area contributed by atoms with Gasteiger partial charge >= 0.3 is 129 Å². The van der Waals surface area contributed by atoms with Gasteiger partial charge in [0.2, 0.25) is 0 Å². The molecule has 4 heteroatoms. The molecule has 1 heterocycles. The zero-order valence-corrected chi connectivity index (χ0v) is 17.4. The van der Waals surface area contributed by atoms with Crippen molar-refractivity contribution in [3.8, 4) is 0 Å². The van der Waals surface area contributed by atoms with Crippen LogP contribution < -0.4 is 0 Å². The van der Waals surface area contributed by atoms with Crippen LogP contribution in [0.3, 0.4) is 0 Å². The fourth-order valence-corrected chi connectivity index (χ4v) is 12.8. The maximum absolute atomic E-state index is 2.90. The van der Waals surface area contributed by atoms with E-state index in [1.165, 1.54) is 19.3 Å². The first-order valence-corrected chi connectivity index (χ1v) is 11.6. The molecule has 113 valence electrons. The fourth-order valence-electron chi connectivity index (χ4n) is 2.93. The van der Waals surface area contributed by atoms with Crippen LogP contribution in [-0.2, 0) is 0 Å². The molecule has 0 spiro atoms. The molecule has 3 nitrogen and oxygen atoms in total. The van der Waals surface area contributed by atoms with Gasteiger partial charge in [0.1, 0.15) is 0 Å². The van der Waals surface area contributed by atoms with Crippen molar-refractivity contribution in [2.45, 2.75) is 85.0 Å². The normalized spacial score (nSPS) is 21.2. The van der Waals surface area contributed by atoms with E-state index < -0.39 is 20.6 Å². The van der Waals surface area contributed by atoms with Crippen LogP contribution in [0.25, 0.3) is 0 Å². The Labute approximate surface area is 129 Å². The van der Waals surface area contributed by atoms with E-state index in [9.17, 15) is 0 Å². The van der Waals surface area contributed by atoms with Gasteiger partial charge in [-0.25, -0.2) is 0 Å². The summed E-state index contributed by atoms with van der Waals surface area (Å²) in [5.74, 6) is 0. The van der Waals surface area contributed by atoms with Gasteiger partial charge in [-0.1, -0.05) is 0 Å². The molecule has 0 aliphatic carbocycles. The van der Waals surface area contributed by atoms with E-state index in [-0.39, 0.29) is 0 Å². The summed E-state index contributed by atoms with van der Waals surface area (Å²) in [5, 5.41) is 0. The van der Waals surface area contributed by atoms with Crippen LogP contribution in [0.1, 0.15) is 67.7 Å². The number of nitrogens with zero attached hydrogens (tertiary/aromatic N) is 3. The molecule has 1 radical (unpaired) electrons. The molecule has 0 saturated carbocycles. The summed E-state index contributed by atoms with van der Waals surface area (Å²) >= 11 is -1.83. The molecule has 19 heavy (non-hydrogen) atoms. The Kier molecular flexibility index (Phi) is 5.79. The third-order valence-corrected chi connectivity index (χ3v) is 14.7. The molecule has 1 saturated heterocycles. The van der Waals surface area contributed by atoms with Gasteiger partial charge in [-0.3, -0.25) is 0 Å². The topological polar surface area (TPSA) is 9.72 Å². The van der Waals surface area contributed by atoms with Crippen LogP contribution in [-0.4, -0.2) is 61.3 Å². The van der Waals surface area contributed by atoms with Crippen LogP contribution in [0, 0.1) is 0 Å². The van der Waals surface area contributed by atoms with Crippen molar-refractivity contribution >= 4 is 20.6 Å². The van der Waals surface area contributed by atoms with Gasteiger partial charge in [-0.05, 0) is 0 Å². The molecule has 0 atom stereocenters. The number of hydrogen-bond acceptors (Lipinski definition) is 3. The summed E-state index contributed by atoms with van der Waals surface area (Å²) in [6.07, 6.45) is 4.37. The molecule has 0 amide bonds. The Morgan fingerprint density at radius 2 is 1.26 bits per heavy atom. The first kappa shape index (κ1) is 17.7. The Balaban J connectivity index is 3.09. The molecule has 1 aliphatic heterocycles. The standard InChI is InChI=1S/C13H28N2.C2H6N.Sn/c1-8-11(14-12(4,5)9-2)15-13(6,7)10-3;1-3-2;/h11H,8-10H2,1-7H3;1-2H3;/q-2;-1;+3. The second-order valence-corrected chi connectivity index (χ2v) is 14.2. The van der Waals surface area contributed by atoms with E-state index in [0.29, 0.717) is 17.2 Å². The Hall–Kier alpha value is 0.679. The van der Waals surface area contributed by atoms with Crippen LogP contribution in [0.5, 0.6) is 0 Å². The number of rotatable bonds is 6. The van der Waals surface area contributed by atoms with Crippen molar-refractivity contribution in [1.82, 2.24) is 9.36 Å². The zero-order chi connectivity index (χ0) is 15.0. The van der Waals surface area contributed by atoms with E-state index >= 15 is 0 Å². The second-order valence-electron chi connectivity index (χ2n) is 7.16. The predicted molar refractivity (Wildman–Crippen MR) is 85.9 cm³/mol. The molecule has 1 fully saturated rings. The van der Waals surface area contributed by atoms with Crippen LogP contribution in [0.4, 0.5) is 0 Å². The molecule has 1 aliphatic rings. The van der Waals surface area contributed by atoms with E-state index in [0.717, 1.165) is 0 Å². The van der Waals surface area contributed by atoms with Crippen molar-refractivity contribution in [2.24, 2.45) is 0 Å². The third kappa shape index (κ3) is 3.14. The van der Waals surface area contributed by atoms with Crippen molar-refractivity contribution in [3.63, 3.8) is 0 Å². The van der Waals surface area contributed by atoms with Crippen LogP contribution in [0.15, 0.2) is 0 Å². The Bertz CT molecular complexity index is 278. The molecule has 0 aromatic carbocycles. The van der Waals surface area contributed by atoms with Crippen molar-refractivity contribution in [1.29, 1.82) is 0 Å². The predicted octanol–water partition coefficient (Wildman–Crippen LogP) is 3.26. The molecular formula is C15H34N3Sn.